The number of hydrogen-bond donors (Lipinski definition) is 0. The van der Waals surface area contributed by atoms with Gasteiger partial charge in [-0.15, -0.1) is 0 Å². The summed E-state index contributed by atoms with van der Waals surface area (Å²) in [5.74, 6) is 2.14. The van der Waals surface area contributed by atoms with Gasteiger partial charge in [-0.05, 0) is 25.5 Å². The lowest BCUT2D eigenvalue weighted by molar-refractivity contribution is -0.116. The van der Waals surface area contributed by atoms with Crippen molar-refractivity contribution < 1.29 is 4.79 Å². The van der Waals surface area contributed by atoms with Gasteiger partial charge in [0, 0.05) is 0 Å². The Morgan fingerprint density at radius 2 is 2.00 bits per heavy atom. The summed E-state index contributed by atoms with van der Waals surface area (Å²) in [7, 11) is 0. The molecule has 0 fully saturated rings. The fraction of sp³-hybridized carbons (Fsp3) is 0.889. The molecule has 0 saturated heterocycles. The second-order valence-corrected chi connectivity index (χ2v) is 4.47. The summed E-state index contributed by atoms with van der Waals surface area (Å²) in [4.78, 5) is 10.8. The normalized spacial score (nSPS) is 16.0. The first-order valence-electron chi connectivity index (χ1n) is 4.20. The first-order chi connectivity index (χ1) is 5.07. The predicted molar refractivity (Wildman–Crippen MR) is 52.1 cm³/mol. The zero-order valence-corrected chi connectivity index (χ0v) is 8.70. The molecule has 0 bridgehead atoms. The van der Waals surface area contributed by atoms with E-state index in [4.69, 9.17) is 0 Å². The molecule has 0 saturated carbocycles. The van der Waals surface area contributed by atoms with Crippen LogP contribution in [0.3, 0.4) is 0 Å². The minimum Gasteiger partial charge on any atom is -0.299 e. The monoisotopic (exact) mass is 174 g/mol. The third-order valence-corrected chi connectivity index (χ3v) is 3.49. The molecule has 0 aromatic heterocycles. The molecule has 0 spiro atoms. The van der Waals surface area contributed by atoms with E-state index in [1.807, 2.05) is 6.92 Å². The Bertz CT molecular complexity index is 123. The number of ketones is 1. The maximum absolute atomic E-state index is 10.8. The second kappa shape index (κ2) is 5.64. The van der Waals surface area contributed by atoms with Crippen molar-refractivity contribution in [2.45, 2.75) is 39.4 Å². The Labute approximate surface area is 73.9 Å². The predicted octanol–water partition coefficient (Wildman–Crippen LogP) is 2.74. The molecule has 0 N–H and O–H groups in total. The molecule has 66 valence electrons. The van der Waals surface area contributed by atoms with Crippen LogP contribution in [0, 0.1) is 5.92 Å². The van der Waals surface area contributed by atoms with Gasteiger partial charge in [-0.25, -0.2) is 0 Å². The molecule has 0 aromatic rings. The Hall–Kier alpha value is 0.0200. The number of rotatable bonds is 5. The average molecular weight is 174 g/mol. The number of carbonyl (C=O) groups is 1. The smallest absolute Gasteiger partial charge is 0.142 e. The summed E-state index contributed by atoms with van der Waals surface area (Å²) < 4.78 is 0. The molecule has 0 heterocycles. The first-order valence-corrected chi connectivity index (χ1v) is 5.24. The maximum Gasteiger partial charge on any atom is 0.142 e. The van der Waals surface area contributed by atoms with Crippen molar-refractivity contribution in [3.8, 4) is 0 Å². The van der Waals surface area contributed by atoms with Gasteiger partial charge in [0.15, 0.2) is 0 Å². The van der Waals surface area contributed by atoms with E-state index in [0.717, 1.165) is 11.7 Å². The highest BCUT2D eigenvalue weighted by atomic mass is 32.2. The van der Waals surface area contributed by atoms with Gasteiger partial charge in [-0.1, -0.05) is 20.3 Å². The van der Waals surface area contributed by atoms with E-state index in [0.29, 0.717) is 5.78 Å². The molecule has 2 heteroatoms. The molecule has 0 aromatic carbocycles. The van der Waals surface area contributed by atoms with E-state index in [2.05, 4.69) is 13.8 Å². The van der Waals surface area contributed by atoms with E-state index < -0.39 is 0 Å². The summed E-state index contributed by atoms with van der Waals surface area (Å²) in [6.45, 7) is 8.05. The zero-order chi connectivity index (χ0) is 8.85. The van der Waals surface area contributed by atoms with E-state index in [1.54, 1.807) is 18.7 Å². The topological polar surface area (TPSA) is 17.1 Å². The van der Waals surface area contributed by atoms with Crippen LogP contribution in [0.1, 0.15) is 34.1 Å². The number of hydrogen-bond acceptors (Lipinski definition) is 2. The third kappa shape index (κ3) is 5.31. The SMILES string of the molecule is CCC(C)CSC(C)C(C)=O. The van der Waals surface area contributed by atoms with Crippen LogP contribution in [0.5, 0.6) is 0 Å². The van der Waals surface area contributed by atoms with Crippen LogP contribution in [-0.2, 0) is 4.79 Å². The van der Waals surface area contributed by atoms with Gasteiger partial charge >= 0.3 is 0 Å². The van der Waals surface area contributed by atoms with Crippen LogP contribution in [0.2, 0.25) is 0 Å². The molecule has 11 heavy (non-hydrogen) atoms. The molecular weight excluding hydrogens is 156 g/mol. The van der Waals surface area contributed by atoms with Crippen molar-refractivity contribution in [3.05, 3.63) is 0 Å². The van der Waals surface area contributed by atoms with E-state index in [1.165, 1.54) is 6.42 Å². The van der Waals surface area contributed by atoms with E-state index in [9.17, 15) is 4.79 Å². The van der Waals surface area contributed by atoms with Gasteiger partial charge in [-0.3, -0.25) is 4.79 Å². The summed E-state index contributed by atoms with van der Waals surface area (Å²) in [5, 5.41) is 0.184. The van der Waals surface area contributed by atoms with E-state index >= 15 is 0 Å². The quantitative estimate of drug-likeness (QED) is 0.637. The van der Waals surface area contributed by atoms with Crippen molar-refractivity contribution in [2.75, 3.05) is 5.75 Å². The molecule has 0 rings (SSSR count). The number of carbonyl (C=O) groups excluding carboxylic acids is 1. The zero-order valence-electron chi connectivity index (χ0n) is 7.89. The number of Topliss-reactive ketones (excluding diaryl/α,β-unsaturated/α-hetero) is 1. The summed E-state index contributed by atoms with van der Waals surface area (Å²) in [6, 6.07) is 0. The van der Waals surface area contributed by atoms with Gasteiger partial charge in [-0.2, -0.15) is 11.8 Å². The summed E-state index contributed by atoms with van der Waals surface area (Å²) in [5.41, 5.74) is 0. The molecule has 0 amide bonds. The van der Waals surface area contributed by atoms with Crippen LogP contribution >= 0.6 is 11.8 Å². The highest BCUT2D eigenvalue weighted by Crippen LogP contribution is 2.16. The van der Waals surface area contributed by atoms with Gasteiger partial charge in [0.1, 0.15) is 5.78 Å². The summed E-state index contributed by atoms with van der Waals surface area (Å²) >= 11 is 1.77. The molecule has 0 aliphatic carbocycles. The third-order valence-electron chi connectivity index (χ3n) is 1.90. The average Bonchev–Trinajstić information content (AvgIpc) is 1.99. The molecule has 2 atom stereocenters. The van der Waals surface area contributed by atoms with Crippen molar-refractivity contribution >= 4 is 17.5 Å². The number of thioether (sulfide) groups is 1. The van der Waals surface area contributed by atoms with Crippen LogP contribution < -0.4 is 0 Å². The molecule has 0 aliphatic rings. The van der Waals surface area contributed by atoms with Gasteiger partial charge in [0.25, 0.3) is 0 Å². The largest absolute Gasteiger partial charge is 0.299 e. The Balaban J connectivity index is 3.45. The highest BCUT2D eigenvalue weighted by Gasteiger charge is 2.08. The fourth-order valence-electron chi connectivity index (χ4n) is 0.544. The first kappa shape index (κ1) is 11.0. The second-order valence-electron chi connectivity index (χ2n) is 3.10. The Morgan fingerprint density at radius 1 is 1.45 bits per heavy atom. The van der Waals surface area contributed by atoms with Crippen LogP contribution in [0.15, 0.2) is 0 Å². The van der Waals surface area contributed by atoms with Crippen LogP contribution in [0.25, 0.3) is 0 Å². The van der Waals surface area contributed by atoms with Gasteiger partial charge < -0.3 is 0 Å². The van der Waals surface area contributed by atoms with Crippen molar-refractivity contribution in [2.24, 2.45) is 5.92 Å². The minimum atomic E-state index is 0.184. The van der Waals surface area contributed by atoms with Crippen LogP contribution in [-0.4, -0.2) is 16.8 Å². The van der Waals surface area contributed by atoms with Crippen molar-refractivity contribution in [1.82, 2.24) is 0 Å². The molecule has 1 nitrogen and oxygen atoms in total. The van der Waals surface area contributed by atoms with E-state index in [-0.39, 0.29) is 5.25 Å². The standard InChI is InChI=1S/C9H18OS/c1-5-7(2)6-11-9(4)8(3)10/h7,9H,5-6H2,1-4H3. The highest BCUT2D eigenvalue weighted by molar-refractivity contribution is 8.00. The Morgan fingerprint density at radius 3 is 2.36 bits per heavy atom. The molecule has 2 unspecified atom stereocenters. The lowest BCUT2D eigenvalue weighted by atomic mass is 10.2. The molecule has 0 aliphatic heterocycles. The minimum absolute atomic E-state index is 0.184. The lowest BCUT2D eigenvalue weighted by Gasteiger charge is -2.10. The van der Waals surface area contributed by atoms with Crippen molar-refractivity contribution in [1.29, 1.82) is 0 Å². The fourth-order valence-corrected chi connectivity index (χ4v) is 1.63. The van der Waals surface area contributed by atoms with Crippen LogP contribution in [0.4, 0.5) is 0 Å². The van der Waals surface area contributed by atoms with Gasteiger partial charge in [0.05, 0.1) is 5.25 Å². The molecular formula is C9H18OS. The molecule has 0 radical (unpaired) electrons. The van der Waals surface area contributed by atoms with Crippen molar-refractivity contribution in [3.63, 3.8) is 0 Å². The lowest BCUT2D eigenvalue weighted by Crippen LogP contribution is -2.11. The summed E-state index contributed by atoms with van der Waals surface area (Å²) in [6.07, 6.45) is 1.21. The Kier molecular flexibility index (Phi) is 5.65. The maximum atomic E-state index is 10.8. The van der Waals surface area contributed by atoms with Gasteiger partial charge in [0.2, 0.25) is 0 Å².